The van der Waals surface area contributed by atoms with E-state index in [1.807, 2.05) is 51.1 Å². The van der Waals surface area contributed by atoms with Crippen LogP contribution < -0.4 is 5.32 Å². The molecule has 3 aromatic rings. The van der Waals surface area contributed by atoms with Crippen LogP contribution >= 0.6 is 23.2 Å². The topological polar surface area (TPSA) is 104 Å². The van der Waals surface area contributed by atoms with Crippen molar-refractivity contribution in [1.82, 2.24) is 14.5 Å². The molecule has 42 heavy (non-hydrogen) atoms. The van der Waals surface area contributed by atoms with E-state index in [1.54, 1.807) is 30.3 Å². The van der Waals surface area contributed by atoms with Crippen LogP contribution in [0.4, 0.5) is 0 Å². The molecule has 0 aromatic heterocycles. The summed E-state index contributed by atoms with van der Waals surface area (Å²) in [6.45, 7) is 5.43. The Morgan fingerprint density at radius 1 is 0.976 bits per heavy atom. The third-order valence-corrected chi connectivity index (χ3v) is 9.22. The van der Waals surface area contributed by atoms with E-state index in [1.165, 1.54) is 17.0 Å². The Morgan fingerprint density at radius 2 is 1.64 bits per heavy atom. The molecule has 0 fully saturated rings. The predicted molar refractivity (Wildman–Crippen MR) is 163 cm³/mol. The first-order valence-electron chi connectivity index (χ1n) is 13.5. The summed E-state index contributed by atoms with van der Waals surface area (Å²) in [6, 6.07) is 19.4. The summed E-state index contributed by atoms with van der Waals surface area (Å²) >= 11 is 12.6. The molecule has 3 amide bonds. The Bertz CT molecular complexity index is 1590. The van der Waals surface area contributed by atoms with E-state index in [0.29, 0.717) is 15.6 Å². The molecular weight excluding hydrogens is 597 g/mol. The van der Waals surface area contributed by atoms with Gasteiger partial charge in [-0.25, -0.2) is 12.7 Å². The van der Waals surface area contributed by atoms with Crippen LogP contribution in [-0.2, 0) is 32.6 Å². The summed E-state index contributed by atoms with van der Waals surface area (Å²) in [6.07, 6.45) is 0.213. The van der Waals surface area contributed by atoms with E-state index in [-0.39, 0.29) is 54.6 Å². The van der Waals surface area contributed by atoms with Gasteiger partial charge in [0.05, 0.1) is 5.56 Å². The average Bonchev–Trinajstić information content (AvgIpc) is 3.11. The molecular formula is C31H33Cl2N3O5S. The van der Waals surface area contributed by atoms with Gasteiger partial charge in [-0.3, -0.25) is 14.4 Å². The first-order chi connectivity index (χ1) is 19.8. The van der Waals surface area contributed by atoms with Crippen molar-refractivity contribution in [3.05, 3.63) is 99.5 Å². The van der Waals surface area contributed by atoms with Crippen molar-refractivity contribution in [2.24, 2.45) is 0 Å². The van der Waals surface area contributed by atoms with Crippen LogP contribution in [-0.4, -0.2) is 53.5 Å². The Morgan fingerprint density at radius 3 is 2.29 bits per heavy atom. The highest BCUT2D eigenvalue weighted by atomic mass is 35.5. The van der Waals surface area contributed by atoms with Crippen LogP contribution in [0.2, 0.25) is 10.0 Å². The van der Waals surface area contributed by atoms with Crippen LogP contribution in [0.25, 0.3) is 0 Å². The highest BCUT2D eigenvalue weighted by molar-refractivity contribution is 7.90. The van der Waals surface area contributed by atoms with Gasteiger partial charge in [0.15, 0.2) is 0 Å². The summed E-state index contributed by atoms with van der Waals surface area (Å²) < 4.78 is 26.8. The van der Waals surface area contributed by atoms with Gasteiger partial charge in [-0.15, -0.1) is 0 Å². The molecule has 1 atom stereocenters. The maximum atomic E-state index is 13.9. The third kappa shape index (κ3) is 7.32. The molecule has 0 aliphatic carbocycles. The Labute approximate surface area is 256 Å². The van der Waals surface area contributed by atoms with Gasteiger partial charge in [-0.1, -0.05) is 71.7 Å². The number of rotatable bonds is 10. The average molecular weight is 631 g/mol. The number of sulfonamides is 1. The van der Waals surface area contributed by atoms with E-state index in [9.17, 15) is 22.8 Å². The predicted octanol–water partition coefficient (Wildman–Crippen LogP) is 5.47. The number of carbonyl (C=O) groups excluding carboxylic acids is 3. The molecule has 0 bridgehead atoms. The minimum atomic E-state index is -4.00. The second-order valence-electron chi connectivity index (χ2n) is 11.2. The zero-order valence-electron chi connectivity index (χ0n) is 23.6. The highest BCUT2D eigenvalue weighted by Crippen LogP contribution is 2.30. The normalized spacial score (nSPS) is 14.8. The Balaban J connectivity index is 1.61. The number of hydrogen-bond acceptors (Lipinski definition) is 5. The summed E-state index contributed by atoms with van der Waals surface area (Å²) in [5, 5.41) is 3.78. The third-order valence-electron chi connectivity index (χ3n) is 6.79. The molecule has 3 aromatic carbocycles. The van der Waals surface area contributed by atoms with Gasteiger partial charge in [0.25, 0.3) is 15.9 Å². The number of benzene rings is 3. The smallest absolute Gasteiger partial charge is 0.269 e. The van der Waals surface area contributed by atoms with Crippen molar-refractivity contribution in [1.29, 1.82) is 0 Å². The van der Waals surface area contributed by atoms with Crippen LogP contribution in [0.5, 0.6) is 0 Å². The lowest BCUT2D eigenvalue weighted by atomic mass is 10.00. The summed E-state index contributed by atoms with van der Waals surface area (Å²) in [5.41, 5.74) is 1.02. The molecule has 1 unspecified atom stereocenters. The summed E-state index contributed by atoms with van der Waals surface area (Å²) in [5.74, 6) is -1.33. The fourth-order valence-electron chi connectivity index (χ4n) is 4.81. The number of nitrogens with zero attached hydrogens (tertiary/aromatic N) is 2. The molecule has 1 aliphatic heterocycles. The van der Waals surface area contributed by atoms with Gasteiger partial charge < -0.3 is 10.2 Å². The number of carbonyl (C=O) groups is 3. The summed E-state index contributed by atoms with van der Waals surface area (Å²) in [4.78, 5) is 41.8. The number of fused-ring (bicyclic) bond motifs is 1. The lowest BCUT2D eigenvalue weighted by Crippen LogP contribution is -2.54. The van der Waals surface area contributed by atoms with E-state index < -0.39 is 27.5 Å². The Hall–Kier alpha value is -3.40. The van der Waals surface area contributed by atoms with Crippen LogP contribution in [0.3, 0.4) is 0 Å². The summed E-state index contributed by atoms with van der Waals surface area (Å²) in [7, 11) is -4.00. The fourth-order valence-corrected chi connectivity index (χ4v) is 6.89. The number of hydrogen-bond donors (Lipinski definition) is 1. The quantitative estimate of drug-likeness (QED) is 0.320. The molecule has 1 aliphatic rings. The lowest BCUT2D eigenvalue weighted by Gasteiger charge is -2.34. The molecule has 1 N–H and O–H groups in total. The highest BCUT2D eigenvalue weighted by Gasteiger charge is 2.40. The Kier molecular flexibility index (Phi) is 9.65. The molecule has 0 radical (unpaired) electrons. The van der Waals surface area contributed by atoms with Crippen molar-refractivity contribution in [3.8, 4) is 0 Å². The molecule has 0 saturated carbocycles. The zero-order valence-corrected chi connectivity index (χ0v) is 26.0. The molecule has 11 heteroatoms. The van der Waals surface area contributed by atoms with Crippen molar-refractivity contribution in [3.63, 3.8) is 0 Å². The fraction of sp³-hybridized carbons (Fsp3) is 0.323. The van der Waals surface area contributed by atoms with E-state index in [2.05, 4.69) is 5.32 Å². The van der Waals surface area contributed by atoms with Crippen LogP contribution in [0, 0.1) is 0 Å². The van der Waals surface area contributed by atoms with Gasteiger partial charge >= 0.3 is 0 Å². The van der Waals surface area contributed by atoms with Crippen molar-refractivity contribution >= 4 is 50.9 Å². The number of nitrogens with one attached hydrogen (secondary N) is 1. The van der Waals surface area contributed by atoms with Gasteiger partial charge in [0.1, 0.15) is 10.9 Å². The molecule has 222 valence electrons. The minimum absolute atomic E-state index is 0.0241. The van der Waals surface area contributed by atoms with Crippen molar-refractivity contribution < 1.29 is 22.8 Å². The monoisotopic (exact) mass is 629 g/mol. The van der Waals surface area contributed by atoms with Crippen molar-refractivity contribution in [2.45, 2.75) is 63.1 Å². The van der Waals surface area contributed by atoms with Gasteiger partial charge in [0, 0.05) is 41.5 Å². The second-order valence-corrected chi connectivity index (χ2v) is 13.9. The minimum Gasteiger partial charge on any atom is -0.350 e. The molecule has 0 saturated heterocycles. The molecule has 1 heterocycles. The van der Waals surface area contributed by atoms with Crippen LogP contribution in [0.15, 0.2) is 77.7 Å². The molecule has 4 rings (SSSR count). The first-order valence-corrected chi connectivity index (χ1v) is 15.7. The van der Waals surface area contributed by atoms with Gasteiger partial charge in [-0.05, 0) is 62.6 Å². The first kappa shape index (κ1) is 31.5. The van der Waals surface area contributed by atoms with Gasteiger partial charge in [0.2, 0.25) is 11.8 Å². The number of halogens is 2. The van der Waals surface area contributed by atoms with Crippen molar-refractivity contribution in [2.75, 3.05) is 6.54 Å². The maximum Gasteiger partial charge on any atom is 0.269 e. The number of amides is 3. The SMILES string of the molecule is CC(C)(C)NC(=O)C(Cc1ccccc1)N(Cc1ccc(Cl)cc1Cl)C(=O)CCCN1C(=O)c2ccccc2S1(=O)=O. The molecule has 8 nitrogen and oxygen atoms in total. The lowest BCUT2D eigenvalue weighted by molar-refractivity contribution is -0.142. The zero-order chi connectivity index (χ0) is 30.7. The van der Waals surface area contributed by atoms with Crippen LogP contribution in [0.1, 0.15) is 55.1 Å². The van der Waals surface area contributed by atoms with E-state index in [0.717, 1.165) is 9.87 Å². The molecule has 0 spiro atoms. The van der Waals surface area contributed by atoms with E-state index >= 15 is 0 Å². The second kappa shape index (κ2) is 12.9. The van der Waals surface area contributed by atoms with Gasteiger partial charge in [-0.2, -0.15) is 0 Å². The largest absolute Gasteiger partial charge is 0.350 e. The van der Waals surface area contributed by atoms with E-state index in [4.69, 9.17) is 23.2 Å². The standard InChI is InChI=1S/C31H33Cl2N3O5S/c1-31(2,3)34-29(38)26(18-21-10-5-4-6-11-21)35(20-22-15-16-23(32)19-25(22)33)28(37)14-9-17-36-30(39)24-12-7-8-13-27(24)42(36,40)41/h4-8,10-13,15-16,19,26H,9,14,17-18,20H2,1-3H3,(H,34,38). The maximum absolute atomic E-state index is 13.9.